The molecule has 8 radical (unpaired) electrons. The largest absolute Gasteiger partial charge is 0.340 e. The molecule has 31 heavy (non-hydrogen) atoms. The fourth-order valence-electron chi connectivity index (χ4n) is 3.51. The molecular formula is C19H17B4ClF2N4O. The van der Waals surface area contributed by atoms with Gasteiger partial charge in [0.25, 0.3) is 5.91 Å². The van der Waals surface area contributed by atoms with E-state index in [1.165, 1.54) is 6.07 Å². The minimum atomic E-state index is -2.48. The number of amides is 1. The van der Waals surface area contributed by atoms with Crippen molar-refractivity contribution >= 4 is 48.9 Å². The normalized spacial score (nSPS) is 19.2. The van der Waals surface area contributed by atoms with Gasteiger partial charge in [-0.25, -0.2) is 18.7 Å². The van der Waals surface area contributed by atoms with E-state index < -0.39 is 34.4 Å². The maximum Gasteiger partial charge on any atom is 0.253 e. The number of piperidine rings is 1. The van der Waals surface area contributed by atoms with E-state index in [1.807, 2.05) is 6.92 Å². The quantitative estimate of drug-likeness (QED) is 0.725. The molecule has 0 spiro atoms. The van der Waals surface area contributed by atoms with Crippen LogP contribution in [0.25, 0.3) is 0 Å². The number of nitrogens with zero attached hydrogens (tertiary/aromatic N) is 3. The number of benzene rings is 1. The summed E-state index contributed by atoms with van der Waals surface area (Å²) in [6, 6.07) is 3.45. The van der Waals surface area contributed by atoms with E-state index in [2.05, 4.69) is 15.3 Å². The van der Waals surface area contributed by atoms with Gasteiger partial charge < -0.3 is 10.2 Å². The topological polar surface area (TPSA) is 58.1 Å². The Morgan fingerprint density at radius 1 is 1.19 bits per heavy atom. The molecule has 1 aromatic carbocycles. The second-order valence-corrected chi connectivity index (χ2v) is 8.36. The van der Waals surface area contributed by atoms with Crippen molar-refractivity contribution in [1.29, 1.82) is 0 Å². The molecule has 1 fully saturated rings. The SMILES string of the molecule is [B]C1([B])CN(C(=O)c2ccc(F)c(Cl)c2)CC([B])([B])C1(F)CNCc1ncc(C)cn1. The highest BCUT2D eigenvalue weighted by atomic mass is 35.5. The molecule has 12 heteroatoms. The van der Waals surface area contributed by atoms with Crippen LogP contribution in [0.4, 0.5) is 8.78 Å². The van der Waals surface area contributed by atoms with Gasteiger partial charge in [0.1, 0.15) is 17.3 Å². The monoisotopic (exact) mass is 434 g/mol. The number of likely N-dealkylation sites (tertiary alicyclic amines) is 1. The molecular weight excluding hydrogens is 417 g/mol. The van der Waals surface area contributed by atoms with Crippen LogP contribution in [0, 0.1) is 12.7 Å². The number of rotatable bonds is 5. The molecule has 1 amide bonds. The Labute approximate surface area is 190 Å². The van der Waals surface area contributed by atoms with Crippen molar-refractivity contribution in [3.05, 3.63) is 58.4 Å². The average Bonchev–Trinajstić information content (AvgIpc) is 2.69. The van der Waals surface area contributed by atoms with Crippen molar-refractivity contribution in [2.24, 2.45) is 0 Å². The molecule has 1 aliphatic rings. The molecule has 1 N–H and O–H groups in total. The second-order valence-electron chi connectivity index (χ2n) is 7.95. The molecule has 0 unspecified atom stereocenters. The zero-order valence-corrected chi connectivity index (χ0v) is 17.7. The summed E-state index contributed by atoms with van der Waals surface area (Å²) in [7, 11) is 24.3. The van der Waals surface area contributed by atoms with Crippen molar-refractivity contribution in [3.8, 4) is 0 Å². The highest BCUT2D eigenvalue weighted by Crippen LogP contribution is 2.54. The van der Waals surface area contributed by atoms with Gasteiger partial charge in [0.2, 0.25) is 0 Å². The average molecular weight is 434 g/mol. The van der Waals surface area contributed by atoms with Crippen LogP contribution in [0.2, 0.25) is 15.5 Å². The lowest BCUT2D eigenvalue weighted by atomic mass is 9.32. The molecule has 0 atom stereocenters. The van der Waals surface area contributed by atoms with E-state index in [1.54, 1.807) is 12.4 Å². The first-order valence-corrected chi connectivity index (χ1v) is 9.81. The first kappa shape index (κ1) is 23.8. The number of hydrogen-bond donors (Lipinski definition) is 1. The number of aryl methyl sites for hydroxylation is 1. The first-order chi connectivity index (χ1) is 14.4. The third kappa shape index (κ3) is 4.67. The van der Waals surface area contributed by atoms with Crippen LogP contribution in [-0.2, 0) is 6.54 Å². The van der Waals surface area contributed by atoms with Crippen LogP contribution in [0.15, 0.2) is 30.6 Å². The third-order valence-electron chi connectivity index (χ3n) is 5.32. The van der Waals surface area contributed by atoms with Crippen molar-refractivity contribution in [2.75, 3.05) is 19.6 Å². The van der Waals surface area contributed by atoms with E-state index >= 15 is 4.39 Å². The Bertz CT molecular complexity index is 960. The third-order valence-corrected chi connectivity index (χ3v) is 5.61. The lowest BCUT2D eigenvalue weighted by Crippen LogP contribution is -2.67. The maximum absolute atomic E-state index is 16.0. The standard InChI is InChI=1S/C19H17B4ClF2N4O/c1-11-5-28-15(29-6-11)7-27-8-17(26)18(20,21)9-30(10-19(17,22)23)16(31)12-2-3-14(25)13(24)4-12/h2-6,27H,7-10H2,1H3. The van der Waals surface area contributed by atoms with Crippen molar-refractivity contribution in [2.45, 2.75) is 29.6 Å². The number of alkyl halides is 1. The number of nitrogens with one attached hydrogen (secondary N) is 1. The molecule has 2 heterocycles. The molecule has 0 saturated carbocycles. The van der Waals surface area contributed by atoms with Crippen LogP contribution in [0.5, 0.6) is 0 Å². The van der Waals surface area contributed by atoms with Gasteiger partial charge in [-0.05, 0) is 41.1 Å². The van der Waals surface area contributed by atoms with E-state index in [9.17, 15) is 9.18 Å². The summed E-state index contributed by atoms with van der Waals surface area (Å²) in [6.45, 7) is 0.826. The van der Waals surface area contributed by atoms with Crippen LogP contribution in [0.1, 0.15) is 21.7 Å². The maximum atomic E-state index is 16.0. The number of carbonyl (C=O) groups excluding carboxylic acids is 1. The first-order valence-electron chi connectivity index (χ1n) is 9.43. The lowest BCUT2D eigenvalue weighted by Gasteiger charge is -2.59. The van der Waals surface area contributed by atoms with Gasteiger partial charge in [-0.15, -0.1) is 0 Å². The van der Waals surface area contributed by atoms with Gasteiger partial charge in [0.15, 0.2) is 0 Å². The molecule has 1 aliphatic heterocycles. The van der Waals surface area contributed by atoms with E-state index in [0.29, 0.717) is 5.82 Å². The molecule has 2 aromatic rings. The predicted octanol–water partition coefficient (Wildman–Crippen LogP) is 1.44. The highest BCUT2D eigenvalue weighted by molar-refractivity contribution is 6.47. The number of halogens is 3. The Balaban J connectivity index is 1.75. The molecule has 0 bridgehead atoms. The zero-order chi connectivity index (χ0) is 23.0. The van der Waals surface area contributed by atoms with Crippen LogP contribution in [0.3, 0.4) is 0 Å². The number of hydrogen-bond acceptors (Lipinski definition) is 4. The Hall–Kier alpha value is -1.86. The predicted molar refractivity (Wildman–Crippen MR) is 118 cm³/mol. The summed E-state index contributed by atoms with van der Waals surface area (Å²) in [5, 5.41) is -1.56. The summed E-state index contributed by atoms with van der Waals surface area (Å²) in [4.78, 5) is 22.2. The molecule has 0 aliphatic carbocycles. The minimum Gasteiger partial charge on any atom is -0.340 e. The second kappa shape index (κ2) is 8.58. The Morgan fingerprint density at radius 2 is 1.77 bits per heavy atom. The molecule has 1 saturated heterocycles. The molecule has 152 valence electrons. The van der Waals surface area contributed by atoms with Crippen molar-refractivity contribution in [1.82, 2.24) is 20.2 Å². The van der Waals surface area contributed by atoms with Gasteiger partial charge >= 0.3 is 0 Å². The van der Waals surface area contributed by atoms with E-state index in [4.69, 9.17) is 43.0 Å². The van der Waals surface area contributed by atoms with Crippen molar-refractivity contribution < 1.29 is 13.6 Å². The molecule has 3 rings (SSSR count). The van der Waals surface area contributed by atoms with Gasteiger partial charge in [-0.1, -0.05) is 11.6 Å². The summed E-state index contributed by atoms with van der Waals surface area (Å²) >= 11 is 5.75. The fourth-order valence-corrected chi connectivity index (χ4v) is 3.69. The van der Waals surface area contributed by atoms with Gasteiger partial charge in [0.05, 0.1) is 43.0 Å². The summed E-state index contributed by atoms with van der Waals surface area (Å²) in [5.74, 6) is -0.845. The van der Waals surface area contributed by atoms with E-state index in [0.717, 1.165) is 22.6 Å². The van der Waals surface area contributed by atoms with Crippen LogP contribution >= 0.6 is 11.6 Å². The van der Waals surface area contributed by atoms with Crippen LogP contribution < -0.4 is 5.32 Å². The van der Waals surface area contributed by atoms with Crippen molar-refractivity contribution in [3.63, 3.8) is 0 Å². The lowest BCUT2D eigenvalue weighted by molar-refractivity contribution is 0.0245. The minimum absolute atomic E-state index is 0.0685. The Morgan fingerprint density at radius 3 is 2.32 bits per heavy atom. The summed E-state index contributed by atoms with van der Waals surface area (Å²) in [5.41, 5.74) is -1.53. The smallest absolute Gasteiger partial charge is 0.253 e. The summed E-state index contributed by atoms with van der Waals surface area (Å²) < 4.78 is 29.4. The van der Waals surface area contributed by atoms with E-state index in [-0.39, 0.29) is 30.2 Å². The molecule has 5 nitrogen and oxygen atoms in total. The van der Waals surface area contributed by atoms with Gasteiger partial charge in [-0.3, -0.25) is 4.79 Å². The zero-order valence-electron chi connectivity index (χ0n) is 16.9. The van der Waals surface area contributed by atoms with Crippen LogP contribution in [-0.4, -0.2) is 77.5 Å². The Kier molecular flexibility index (Phi) is 6.59. The summed E-state index contributed by atoms with van der Waals surface area (Å²) in [6.07, 6.45) is 3.26. The highest BCUT2D eigenvalue weighted by Gasteiger charge is 2.58. The number of carbonyl (C=O) groups is 1. The fraction of sp³-hybridized carbons (Fsp3) is 0.421. The van der Waals surface area contributed by atoms with Gasteiger partial charge in [0, 0.05) is 37.6 Å². The molecule has 1 aromatic heterocycles. The number of aromatic nitrogens is 2. The van der Waals surface area contributed by atoms with Gasteiger partial charge in [-0.2, -0.15) is 0 Å².